The molecule has 0 aromatic carbocycles. The highest BCUT2D eigenvalue weighted by Crippen LogP contribution is 2.55. The van der Waals surface area contributed by atoms with Crippen molar-refractivity contribution in [1.82, 2.24) is 0 Å². The van der Waals surface area contributed by atoms with Crippen LogP contribution in [0.2, 0.25) is 0 Å². The predicted molar refractivity (Wildman–Crippen MR) is 136 cm³/mol. The van der Waals surface area contributed by atoms with Crippen LogP contribution in [0.4, 0.5) is 0 Å². The summed E-state index contributed by atoms with van der Waals surface area (Å²) in [7, 11) is 0. The van der Waals surface area contributed by atoms with Crippen LogP contribution >= 0.6 is 0 Å². The molecule has 3 aliphatic rings. The van der Waals surface area contributed by atoms with Crippen LogP contribution in [0, 0.1) is 17.3 Å². The summed E-state index contributed by atoms with van der Waals surface area (Å²) >= 11 is 0. The predicted octanol–water partition coefficient (Wildman–Crippen LogP) is 1.30. The molecular formula is C28H38O12. The lowest BCUT2D eigenvalue weighted by molar-refractivity contribution is -0.218. The van der Waals surface area contributed by atoms with Crippen LogP contribution in [0.15, 0.2) is 23.3 Å². The molecule has 12 nitrogen and oxygen atoms in total. The molecule has 0 aromatic heterocycles. The van der Waals surface area contributed by atoms with Gasteiger partial charge in [-0.05, 0) is 25.5 Å². The Morgan fingerprint density at radius 1 is 0.975 bits per heavy atom. The number of hydrogen-bond acceptors (Lipinski definition) is 12. The number of carbonyl (C=O) groups excluding carboxylic acids is 5. The number of esters is 5. The third kappa shape index (κ3) is 5.64. The Labute approximate surface area is 232 Å². The fourth-order valence-corrected chi connectivity index (χ4v) is 6.41. The summed E-state index contributed by atoms with van der Waals surface area (Å²) in [5.41, 5.74) is -2.92. The molecule has 2 N–H and O–H groups in total. The Morgan fingerprint density at radius 3 is 2.05 bits per heavy atom. The first kappa shape index (κ1) is 31.3. The van der Waals surface area contributed by atoms with Crippen LogP contribution < -0.4 is 0 Å². The molecule has 0 spiro atoms. The van der Waals surface area contributed by atoms with Gasteiger partial charge in [0.1, 0.15) is 24.4 Å². The quantitative estimate of drug-likeness (QED) is 0.278. The minimum absolute atomic E-state index is 0.0633. The van der Waals surface area contributed by atoms with Gasteiger partial charge in [-0.3, -0.25) is 24.0 Å². The zero-order valence-electron chi connectivity index (χ0n) is 23.8. The average molecular weight is 567 g/mol. The molecule has 1 heterocycles. The molecule has 9 atom stereocenters. The molecule has 0 amide bonds. The summed E-state index contributed by atoms with van der Waals surface area (Å²) in [5, 5.41) is 22.7. The van der Waals surface area contributed by atoms with Gasteiger partial charge in [0.05, 0.1) is 17.9 Å². The summed E-state index contributed by atoms with van der Waals surface area (Å²) in [6.07, 6.45) is -3.13. The third-order valence-electron chi connectivity index (χ3n) is 8.31. The number of aliphatic hydroxyl groups is 2. The van der Waals surface area contributed by atoms with E-state index in [1.54, 1.807) is 19.9 Å². The van der Waals surface area contributed by atoms with Crippen molar-refractivity contribution in [1.29, 1.82) is 0 Å². The van der Waals surface area contributed by atoms with E-state index in [9.17, 15) is 34.2 Å². The highest BCUT2D eigenvalue weighted by Gasteiger charge is 2.67. The maximum absolute atomic E-state index is 12.9. The number of ether oxygens (including phenoxy) is 5. The Kier molecular flexibility index (Phi) is 9.15. The van der Waals surface area contributed by atoms with E-state index in [4.69, 9.17) is 23.7 Å². The fourth-order valence-electron chi connectivity index (χ4n) is 6.41. The summed E-state index contributed by atoms with van der Waals surface area (Å²) in [4.78, 5) is 62.3. The molecule has 5 unspecified atom stereocenters. The van der Waals surface area contributed by atoms with Crippen molar-refractivity contribution >= 4 is 29.8 Å². The Balaban J connectivity index is 2.45. The molecule has 1 fully saturated rings. The van der Waals surface area contributed by atoms with Crippen LogP contribution in [0.1, 0.15) is 61.3 Å². The van der Waals surface area contributed by atoms with Crippen LogP contribution in [0.25, 0.3) is 0 Å². The van der Waals surface area contributed by atoms with Gasteiger partial charge in [0, 0.05) is 46.5 Å². The number of hydrogen-bond donors (Lipinski definition) is 2. The standard InChI is InChI=1S/C28H38O12/c1-13-8-9-21(37-16(4)31)27(7)22(38-17(5)32)11-20(36-15(3)30)19(12-29)10-23-28(35,14(2)26(34)40-23)25(24(13)27)39-18(6)33/h8,10,14,20-25,29,35H,9,11-12H2,1-7H3/b19-10-/t14?,20-,21?,22-,23?,24?,25-,27-,28?/m1/s1. The molecular weight excluding hydrogens is 528 g/mol. The van der Waals surface area contributed by atoms with Crippen LogP contribution in [-0.4, -0.2) is 82.8 Å². The van der Waals surface area contributed by atoms with E-state index in [0.717, 1.165) is 6.92 Å². The Hall–Kier alpha value is -3.25. The maximum Gasteiger partial charge on any atom is 0.312 e. The van der Waals surface area contributed by atoms with Gasteiger partial charge >= 0.3 is 29.8 Å². The van der Waals surface area contributed by atoms with Crippen LogP contribution in [0.3, 0.4) is 0 Å². The van der Waals surface area contributed by atoms with E-state index in [1.165, 1.54) is 33.8 Å². The first-order valence-electron chi connectivity index (χ1n) is 13.2. The molecule has 0 saturated carbocycles. The molecule has 1 saturated heterocycles. The number of aliphatic hydroxyl groups excluding tert-OH is 1. The first-order chi connectivity index (χ1) is 18.6. The zero-order valence-corrected chi connectivity index (χ0v) is 23.8. The molecule has 12 heteroatoms. The van der Waals surface area contributed by atoms with Gasteiger partial charge in [0.15, 0.2) is 11.7 Å². The first-order valence-corrected chi connectivity index (χ1v) is 13.2. The van der Waals surface area contributed by atoms with Crippen molar-refractivity contribution < 1.29 is 57.9 Å². The molecule has 0 aromatic rings. The van der Waals surface area contributed by atoms with Gasteiger partial charge in [0.25, 0.3) is 0 Å². The second-order valence-corrected chi connectivity index (χ2v) is 11.0. The normalized spacial score (nSPS) is 38.7. The molecule has 3 rings (SSSR count). The average Bonchev–Trinajstić information content (AvgIpc) is 3.05. The van der Waals surface area contributed by atoms with E-state index in [0.29, 0.717) is 5.57 Å². The van der Waals surface area contributed by atoms with Gasteiger partial charge in [-0.25, -0.2) is 0 Å². The van der Waals surface area contributed by atoms with Crippen molar-refractivity contribution in [3.63, 3.8) is 0 Å². The van der Waals surface area contributed by atoms with Crippen molar-refractivity contribution in [2.75, 3.05) is 6.61 Å². The molecule has 222 valence electrons. The lowest BCUT2D eigenvalue weighted by Gasteiger charge is -2.55. The maximum atomic E-state index is 12.9. The summed E-state index contributed by atoms with van der Waals surface area (Å²) in [5.74, 6) is -5.77. The fraction of sp³-hybridized carbons (Fsp3) is 0.679. The molecule has 1 aliphatic heterocycles. The minimum atomic E-state index is -2.19. The highest BCUT2D eigenvalue weighted by molar-refractivity contribution is 5.78. The third-order valence-corrected chi connectivity index (χ3v) is 8.31. The van der Waals surface area contributed by atoms with Crippen LogP contribution in [0.5, 0.6) is 0 Å². The lowest BCUT2D eigenvalue weighted by Crippen LogP contribution is -2.65. The monoisotopic (exact) mass is 566 g/mol. The smallest absolute Gasteiger partial charge is 0.312 e. The van der Waals surface area contributed by atoms with Crippen molar-refractivity contribution in [2.24, 2.45) is 17.3 Å². The summed E-state index contributed by atoms with van der Waals surface area (Å²) in [6.45, 7) is 8.88. The number of carbonyl (C=O) groups is 5. The SMILES string of the molecule is CC(=O)OC1CC=C(C)C2[C@@H](OC(C)=O)C3(O)C(/C=C(/CO)[C@H](OC(C)=O)C[C@@H](OC(C)=O)[C@@]12C)OC(=O)C3C. The largest absolute Gasteiger partial charge is 0.462 e. The minimum Gasteiger partial charge on any atom is -0.462 e. The van der Waals surface area contributed by atoms with E-state index < -0.39 is 89.8 Å². The van der Waals surface area contributed by atoms with Crippen molar-refractivity contribution in [3.05, 3.63) is 23.3 Å². The zero-order chi connectivity index (χ0) is 30.2. The number of fused-ring (bicyclic) bond motifs is 2. The lowest BCUT2D eigenvalue weighted by atomic mass is 9.56. The van der Waals surface area contributed by atoms with Crippen LogP contribution in [-0.2, 0) is 47.7 Å². The molecule has 2 aliphatic carbocycles. The van der Waals surface area contributed by atoms with Gasteiger partial charge in [-0.15, -0.1) is 0 Å². The van der Waals surface area contributed by atoms with E-state index in [-0.39, 0.29) is 18.4 Å². The second-order valence-electron chi connectivity index (χ2n) is 11.0. The van der Waals surface area contributed by atoms with Gasteiger partial charge < -0.3 is 33.9 Å². The highest BCUT2D eigenvalue weighted by atomic mass is 16.6. The van der Waals surface area contributed by atoms with E-state index in [2.05, 4.69) is 0 Å². The molecule has 0 radical (unpaired) electrons. The van der Waals surface area contributed by atoms with E-state index >= 15 is 0 Å². The second kappa shape index (κ2) is 11.7. The van der Waals surface area contributed by atoms with Crippen molar-refractivity contribution in [3.8, 4) is 0 Å². The van der Waals surface area contributed by atoms with Gasteiger partial charge in [0.2, 0.25) is 0 Å². The summed E-state index contributed by atoms with van der Waals surface area (Å²) in [6, 6.07) is 0. The van der Waals surface area contributed by atoms with Gasteiger partial charge in [-0.2, -0.15) is 0 Å². The molecule has 0 bridgehead atoms. The topological polar surface area (TPSA) is 172 Å². The van der Waals surface area contributed by atoms with Gasteiger partial charge in [-0.1, -0.05) is 18.6 Å². The van der Waals surface area contributed by atoms with E-state index in [1.807, 2.05) is 0 Å². The Bertz CT molecular complexity index is 1120. The van der Waals surface area contributed by atoms with Crippen molar-refractivity contribution in [2.45, 2.75) is 97.4 Å². The molecule has 40 heavy (non-hydrogen) atoms. The Morgan fingerprint density at radius 2 is 1.52 bits per heavy atom. The summed E-state index contributed by atoms with van der Waals surface area (Å²) < 4.78 is 28.5. The number of rotatable bonds is 5.